The summed E-state index contributed by atoms with van der Waals surface area (Å²) in [5.74, 6) is 1.58. The lowest BCUT2D eigenvalue weighted by Gasteiger charge is -2.07. The molecule has 42 heavy (non-hydrogen) atoms. The van der Waals surface area contributed by atoms with Crippen LogP contribution in [0.4, 0.5) is 22.7 Å². The molecule has 0 radical (unpaired) electrons. The number of hydrogen-bond acceptors (Lipinski definition) is 6. The van der Waals surface area contributed by atoms with E-state index >= 15 is 0 Å². The van der Waals surface area contributed by atoms with Crippen LogP contribution in [0.5, 0.6) is 11.5 Å². The van der Waals surface area contributed by atoms with Crippen LogP contribution in [0.3, 0.4) is 0 Å². The fourth-order valence-electron chi connectivity index (χ4n) is 4.77. The molecule has 0 aliphatic carbocycles. The van der Waals surface area contributed by atoms with Crippen LogP contribution < -0.4 is 0 Å². The fourth-order valence-corrected chi connectivity index (χ4v) is 4.77. The summed E-state index contributed by atoms with van der Waals surface area (Å²) in [5.41, 5.74) is 6.50. The van der Waals surface area contributed by atoms with Gasteiger partial charge >= 0.3 is 0 Å². The van der Waals surface area contributed by atoms with Gasteiger partial charge in [0.2, 0.25) is 0 Å². The first-order valence-corrected chi connectivity index (χ1v) is 14.9. The van der Waals surface area contributed by atoms with Gasteiger partial charge in [0, 0.05) is 5.56 Å². The number of azo groups is 2. The van der Waals surface area contributed by atoms with E-state index in [2.05, 4.69) is 48.2 Å². The van der Waals surface area contributed by atoms with Gasteiger partial charge in [-0.2, -0.15) is 5.11 Å². The lowest BCUT2D eigenvalue weighted by Crippen LogP contribution is -1.90. The average molecular weight is 563 g/mol. The molecular weight excluding hydrogens is 520 g/mol. The van der Waals surface area contributed by atoms with Gasteiger partial charge in [-0.25, -0.2) is 0 Å². The normalized spacial score (nSPS) is 11.9. The molecule has 0 saturated heterocycles. The second kappa shape index (κ2) is 15.1. The van der Waals surface area contributed by atoms with Crippen LogP contribution in [0.25, 0.3) is 11.1 Å². The lowest BCUT2D eigenvalue weighted by atomic mass is 10.0. The second-order valence-corrected chi connectivity index (χ2v) is 11.7. The smallest absolute Gasteiger partial charge is 0.143 e. The van der Waals surface area contributed by atoms with Gasteiger partial charge < -0.3 is 10.2 Å². The van der Waals surface area contributed by atoms with Crippen molar-refractivity contribution < 1.29 is 10.2 Å². The highest BCUT2D eigenvalue weighted by molar-refractivity contribution is 5.76. The first-order chi connectivity index (χ1) is 20.3. The number of benzene rings is 4. The molecule has 4 aromatic rings. The standard InChI is InChI=1S/C36H42N4O2/c1-25(2)9-7-11-27-15-21-35(41)33(23-27)39-37-30-19-17-29(18-20-30)31-13-5-6-14-32(31)38-40-34-24-28(16-22-36(34)42)12-8-10-26(3)4/h5-6,13-26,41-42H,7-12H2,1-4H3. The molecule has 0 bridgehead atoms. The maximum Gasteiger partial charge on any atom is 0.143 e. The summed E-state index contributed by atoms with van der Waals surface area (Å²) in [6.45, 7) is 8.91. The van der Waals surface area contributed by atoms with Gasteiger partial charge in [-0.15, -0.1) is 15.3 Å². The Kier molecular flexibility index (Phi) is 11.0. The number of phenolic OH excluding ortho intramolecular Hbond substituents is 2. The number of hydrogen-bond donors (Lipinski definition) is 2. The maximum absolute atomic E-state index is 10.4. The molecule has 6 heteroatoms. The van der Waals surface area contributed by atoms with Gasteiger partial charge in [-0.1, -0.05) is 83.0 Å². The largest absolute Gasteiger partial charge is 0.506 e. The Morgan fingerprint density at radius 3 is 1.60 bits per heavy atom. The number of phenols is 2. The first kappa shape index (κ1) is 30.6. The Hall–Kier alpha value is -4.32. The molecule has 6 nitrogen and oxygen atoms in total. The minimum atomic E-state index is 0.116. The van der Waals surface area contributed by atoms with Crippen LogP contribution in [0.15, 0.2) is 105 Å². The molecule has 0 spiro atoms. The van der Waals surface area contributed by atoms with Crippen molar-refractivity contribution in [3.63, 3.8) is 0 Å². The zero-order valence-corrected chi connectivity index (χ0v) is 25.2. The van der Waals surface area contributed by atoms with E-state index in [4.69, 9.17) is 0 Å². The Morgan fingerprint density at radius 1 is 0.548 bits per heavy atom. The summed E-state index contributed by atoms with van der Waals surface area (Å²) in [6.07, 6.45) is 6.44. The van der Waals surface area contributed by atoms with E-state index in [1.165, 1.54) is 12.8 Å². The summed E-state index contributed by atoms with van der Waals surface area (Å²) in [4.78, 5) is 0. The quantitative estimate of drug-likeness (QED) is 0.159. The van der Waals surface area contributed by atoms with Gasteiger partial charge in [-0.3, -0.25) is 0 Å². The van der Waals surface area contributed by atoms with Gasteiger partial charge in [0.15, 0.2) is 0 Å². The van der Waals surface area contributed by atoms with E-state index in [1.807, 2.05) is 72.8 Å². The molecule has 2 N–H and O–H groups in total. The molecule has 0 amide bonds. The van der Waals surface area contributed by atoms with E-state index < -0.39 is 0 Å². The summed E-state index contributed by atoms with van der Waals surface area (Å²) < 4.78 is 0. The minimum Gasteiger partial charge on any atom is -0.506 e. The summed E-state index contributed by atoms with van der Waals surface area (Å²) in [5, 5.41) is 38.3. The third-order valence-corrected chi connectivity index (χ3v) is 7.19. The van der Waals surface area contributed by atoms with Crippen molar-refractivity contribution in [3.8, 4) is 22.6 Å². The number of aryl methyl sites for hydroxylation is 2. The van der Waals surface area contributed by atoms with Crippen molar-refractivity contribution in [2.75, 3.05) is 0 Å². The molecule has 218 valence electrons. The highest BCUT2D eigenvalue weighted by Gasteiger charge is 2.08. The molecule has 0 aliphatic heterocycles. The average Bonchev–Trinajstić information content (AvgIpc) is 2.97. The highest BCUT2D eigenvalue weighted by atomic mass is 16.3. The van der Waals surface area contributed by atoms with Gasteiger partial charge in [0.05, 0.1) is 11.4 Å². The Balaban J connectivity index is 1.47. The van der Waals surface area contributed by atoms with E-state index in [0.717, 1.165) is 47.9 Å². The molecule has 0 saturated carbocycles. The molecule has 0 aromatic heterocycles. The Bertz CT molecular complexity index is 1510. The predicted molar refractivity (Wildman–Crippen MR) is 172 cm³/mol. The van der Waals surface area contributed by atoms with Crippen molar-refractivity contribution in [1.82, 2.24) is 0 Å². The van der Waals surface area contributed by atoms with Crippen molar-refractivity contribution >= 4 is 22.7 Å². The number of rotatable bonds is 13. The van der Waals surface area contributed by atoms with E-state index in [1.54, 1.807) is 12.1 Å². The summed E-state index contributed by atoms with van der Waals surface area (Å²) >= 11 is 0. The van der Waals surface area contributed by atoms with Gasteiger partial charge in [-0.05, 0) is 96.7 Å². The zero-order valence-electron chi connectivity index (χ0n) is 25.2. The highest BCUT2D eigenvalue weighted by Crippen LogP contribution is 2.35. The molecule has 4 rings (SSSR count). The van der Waals surface area contributed by atoms with Crippen molar-refractivity contribution in [2.45, 2.75) is 66.2 Å². The Labute approximate surface area is 249 Å². The summed E-state index contributed by atoms with van der Waals surface area (Å²) in [7, 11) is 0. The zero-order chi connectivity index (χ0) is 29.9. The molecular formula is C36H42N4O2. The molecule has 0 aliphatic rings. The molecule has 0 unspecified atom stereocenters. The van der Waals surface area contributed by atoms with Crippen LogP contribution in [0.2, 0.25) is 0 Å². The predicted octanol–water partition coefficient (Wildman–Crippen LogP) is 11.6. The molecule has 0 fully saturated rings. The fraction of sp³-hybridized carbons (Fsp3) is 0.333. The van der Waals surface area contributed by atoms with Crippen LogP contribution >= 0.6 is 0 Å². The van der Waals surface area contributed by atoms with E-state index in [9.17, 15) is 10.2 Å². The Morgan fingerprint density at radius 2 is 1.05 bits per heavy atom. The molecule has 0 atom stereocenters. The monoisotopic (exact) mass is 562 g/mol. The van der Waals surface area contributed by atoms with E-state index in [-0.39, 0.29) is 11.5 Å². The van der Waals surface area contributed by atoms with Crippen molar-refractivity contribution in [1.29, 1.82) is 0 Å². The molecule has 4 aromatic carbocycles. The first-order valence-electron chi connectivity index (χ1n) is 14.9. The molecule has 0 heterocycles. The summed E-state index contributed by atoms with van der Waals surface area (Å²) in [6, 6.07) is 26.6. The van der Waals surface area contributed by atoms with Crippen LogP contribution in [-0.4, -0.2) is 10.2 Å². The number of nitrogens with zero attached hydrogens (tertiary/aromatic N) is 4. The number of aromatic hydroxyl groups is 2. The van der Waals surface area contributed by atoms with Crippen molar-refractivity contribution in [3.05, 3.63) is 96.1 Å². The second-order valence-electron chi connectivity index (χ2n) is 11.7. The van der Waals surface area contributed by atoms with Gasteiger partial charge in [0.25, 0.3) is 0 Å². The van der Waals surface area contributed by atoms with E-state index in [0.29, 0.717) is 34.6 Å². The maximum atomic E-state index is 10.4. The SMILES string of the molecule is CC(C)CCCc1ccc(O)c(N=Nc2ccc(-c3ccccc3N=Nc3cc(CCCC(C)C)ccc3O)cc2)c1. The minimum absolute atomic E-state index is 0.116. The van der Waals surface area contributed by atoms with Crippen LogP contribution in [-0.2, 0) is 12.8 Å². The topological polar surface area (TPSA) is 89.9 Å². The van der Waals surface area contributed by atoms with Crippen LogP contribution in [0, 0.1) is 11.8 Å². The third kappa shape index (κ3) is 9.10. The van der Waals surface area contributed by atoms with Crippen LogP contribution in [0.1, 0.15) is 64.5 Å². The third-order valence-electron chi connectivity index (χ3n) is 7.19. The lowest BCUT2D eigenvalue weighted by molar-refractivity contribution is 0.475. The van der Waals surface area contributed by atoms with Gasteiger partial charge in [0.1, 0.15) is 22.9 Å². The van der Waals surface area contributed by atoms with Crippen molar-refractivity contribution in [2.24, 2.45) is 32.3 Å².